The average molecular weight is 315 g/mol. The highest BCUT2D eigenvalue weighted by Gasteiger charge is 2.34. The molecule has 21 heavy (non-hydrogen) atoms. The first-order valence-electron chi connectivity index (χ1n) is 7.68. The number of hydrogen-bond acceptors (Lipinski definition) is 4. The topological polar surface area (TPSA) is 72.9 Å². The highest BCUT2D eigenvalue weighted by molar-refractivity contribution is 7.99. The van der Waals surface area contributed by atoms with Crippen LogP contribution in [-0.4, -0.2) is 70.3 Å². The maximum Gasteiger partial charge on any atom is 0.327 e. The van der Waals surface area contributed by atoms with Gasteiger partial charge < -0.3 is 20.2 Å². The lowest BCUT2D eigenvalue weighted by molar-refractivity contribution is -0.140. The van der Waals surface area contributed by atoms with Gasteiger partial charge in [-0.2, -0.15) is 0 Å². The van der Waals surface area contributed by atoms with E-state index in [0.717, 1.165) is 19.5 Å². The number of nitrogens with zero attached hydrogens (tertiary/aromatic N) is 2. The summed E-state index contributed by atoms with van der Waals surface area (Å²) < 4.78 is 0. The van der Waals surface area contributed by atoms with E-state index in [1.165, 1.54) is 35.9 Å². The van der Waals surface area contributed by atoms with Gasteiger partial charge in [0, 0.05) is 24.9 Å². The third-order valence-electron chi connectivity index (χ3n) is 4.27. The number of carboxylic acids is 1. The first-order chi connectivity index (χ1) is 10.1. The fourth-order valence-electron chi connectivity index (χ4n) is 2.92. The van der Waals surface area contributed by atoms with Gasteiger partial charge in [0.1, 0.15) is 6.04 Å². The Morgan fingerprint density at radius 2 is 2.19 bits per heavy atom. The molecule has 2 saturated heterocycles. The van der Waals surface area contributed by atoms with Crippen LogP contribution in [0.5, 0.6) is 0 Å². The molecule has 6 nitrogen and oxygen atoms in total. The van der Waals surface area contributed by atoms with Crippen molar-refractivity contribution in [3.63, 3.8) is 0 Å². The van der Waals surface area contributed by atoms with Crippen molar-refractivity contribution in [1.82, 2.24) is 15.1 Å². The lowest BCUT2D eigenvalue weighted by atomic mass is 10.0. The Bertz CT molecular complexity index is 380. The van der Waals surface area contributed by atoms with E-state index in [4.69, 9.17) is 5.11 Å². The summed E-state index contributed by atoms with van der Waals surface area (Å²) in [6, 6.07) is -0.294. The molecular formula is C14H25N3O3S. The fourth-order valence-corrected chi connectivity index (χ4v) is 4.06. The van der Waals surface area contributed by atoms with Crippen LogP contribution in [-0.2, 0) is 4.79 Å². The van der Waals surface area contributed by atoms with E-state index in [1.54, 1.807) is 0 Å². The first kappa shape index (κ1) is 16.4. The third kappa shape index (κ3) is 4.51. The summed E-state index contributed by atoms with van der Waals surface area (Å²) in [7, 11) is 0. The van der Waals surface area contributed by atoms with Crippen molar-refractivity contribution < 1.29 is 14.7 Å². The molecule has 0 radical (unpaired) electrons. The molecule has 2 heterocycles. The Labute approximate surface area is 130 Å². The number of aliphatic carboxylic acids is 1. The SMILES string of the molecule is CC1CCCCN1CCCNC(=O)N1CSCC1C(=O)O. The van der Waals surface area contributed by atoms with Gasteiger partial charge in [-0.3, -0.25) is 0 Å². The quantitative estimate of drug-likeness (QED) is 0.751. The molecule has 0 aromatic heterocycles. The second kappa shape index (κ2) is 7.89. The second-order valence-electron chi connectivity index (χ2n) is 5.79. The average Bonchev–Trinajstić information content (AvgIpc) is 2.95. The lowest BCUT2D eigenvalue weighted by Gasteiger charge is -2.33. The molecular weight excluding hydrogens is 290 g/mol. The van der Waals surface area contributed by atoms with Gasteiger partial charge in [-0.15, -0.1) is 11.8 Å². The van der Waals surface area contributed by atoms with Crippen molar-refractivity contribution in [3.8, 4) is 0 Å². The van der Waals surface area contributed by atoms with Gasteiger partial charge in [0.2, 0.25) is 0 Å². The molecule has 2 rings (SSSR count). The van der Waals surface area contributed by atoms with Crippen LogP contribution < -0.4 is 5.32 Å². The largest absolute Gasteiger partial charge is 0.480 e. The zero-order valence-corrected chi connectivity index (χ0v) is 13.4. The van der Waals surface area contributed by atoms with Crippen molar-refractivity contribution in [1.29, 1.82) is 0 Å². The maximum absolute atomic E-state index is 12.0. The van der Waals surface area contributed by atoms with Gasteiger partial charge in [0.25, 0.3) is 0 Å². The number of rotatable bonds is 5. The molecule has 2 N–H and O–H groups in total. The van der Waals surface area contributed by atoms with Crippen molar-refractivity contribution in [2.45, 2.75) is 44.7 Å². The van der Waals surface area contributed by atoms with E-state index >= 15 is 0 Å². The summed E-state index contributed by atoms with van der Waals surface area (Å²) in [6.07, 6.45) is 4.76. The van der Waals surface area contributed by atoms with Crippen LogP contribution in [0.1, 0.15) is 32.6 Å². The van der Waals surface area contributed by atoms with Gasteiger partial charge in [0.05, 0.1) is 5.88 Å². The molecule has 2 fully saturated rings. The van der Waals surface area contributed by atoms with E-state index < -0.39 is 12.0 Å². The van der Waals surface area contributed by atoms with E-state index in [0.29, 0.717) is 24.2 Å². The number of likely N-dealkylation sites (tertiary alicyclic amines) is 1. The number of hydrogen-bond donors (Lipinski definition) is 2. The number of carbonyl (C=O) groups excluding carboxylic acids is 1. The predicted molar refractivity (Wildman–Crippen MR) is 83.5 cm³/mol. The monoisotopic (exact) mass is 315 g/mol. The van der Waals surface area contributed by atoms with E-state index in [9.17, 15) is 9.59 Å². The zero-order valence-electron chi connectivity index (χ0n) is 12.6. The van der Waals surface area contributed by atoms with Gasteiger partial charge in [0.15, 0.2) is 0 Å². The number of carboxylic acid groups (broad SMARTS) is 1. The number of thioether (sulfide) groups is 1. The van der Waals surface area contributed by atoms with Gasteiger partial charge in [-0.25, -0.2) is 9.59 Å². The van der Waals surface area contributed by atoms with Crippen LogP contribution in [0.25, 0.3) is 0 Å². The van der Waals surface area contributed by atoms with Crippen LogP contribution in [0.15, 0.2) is 0 Å². The molecule has 0 aromatic rings. The number of urea groups is 1. The third-order valence-corrected chi connectivity index (χ3v) is 5.28. The summed E-state index contributed by atoms with van der Waals surface area (Å²) in [6.45, 7) is 5.02. The van der Waals surface area contributed by atoms with Crippen LogP contribution in [0.3, 0.4) is 0 Å². The number of carbonyl (C=O) groups is 2. The molecule has 0 spiro atoms. The Morgan fingerprint density at radius 1 is 1.38 bits per heavy atom. The van der Waals surface area contributed by atoms with Crippen molar-refractivity contribution in [2.24, 2.45) is 0 Å². The van der Waals surface area contributed by atoms with E-state index in [-0.39, 0.29) is 6.03 Å². The molecule has 120 valence electrons. The van der Waals surface area contributed by atoms with Gasteiger partial charge >= 0.3 is 12.0 Å². The van der Waals surface area contributed by atoms with Crippen molar-refractivity contribution in [2.75, 3.05) is 31.3 Å². The van der Waals surface area contributed by atoms with Crippen molar-refractivity contribution >= 4 is 23.8 Å². The minimum absolute atomic E-state index is 0.251. The molecule has 0 aromatic carbocycles. The molecule has 2 aliphatic rings. The summed E-state index contributed by atoms with van der Waals surface area (Å²) in [5, 5.41) is 11.9. The number of nitrogens with one attached hydrogen (secondary N) is 1. The molecule has 0 saturated carbocycles. The fraction of sp³-hybridized carbons (Fsp3) is 0.857. The minimum atomic E-state index is -0.919. The van der Waals surface area contributed by atoms with Gasteiger partial charge in [-0.1, -0.05) is 6.42 Å². The Balaban J connectivity index is 1.66. The molecule has 2 unspecified atom stereocenters. The number of amides is 2. The Kier molecular flexibility index (Phi) is 6.17. The molecule has 0 aliphatic carbocycles. The summed E-state index contributed by atoms with van der Waals surface area (Å²) in [5.74, 6) is 0.0253. The van der Waals surface area contributed by atoms with E-state index in [1.807, 2.05) is 0 Å². The highest BCUT2D eigenvalue weighted by atomic mass is 32.2. The van der Waals surface area contributed by atoms with E-state index in [2.05, 4.69) is 17.1 Å². The lowest BCUT2D eigenvalue weighted by Crippen LogP contribution is -2.47. The Hall–Kier alpha value is -0.950. The summed E-state index contributed by atoms with van der Waals surface area (Å²) >= 11 is 1.49. The first-order valence-corrected chi connectivity index (χ1v) is 8.84. The second-order valence-corrected chi connectivity index (χ2v) is 6.79. The standard InChI is InChI=1S/C14H25N3O3S/c1-11-5-2-3-7-16(11)8-4-6-15-14(20)17-10-21-9-12(17)13(18)19/h11-12H,2-10H2,1H3,(H,15,20)(H,18,19). The van der Waals surface area contributed by atoms with Crippen LogP contribution in [0.4, 0.5) is 4.79 Å². The maximum atomic E-state index is 12.0. The summed E-state index contributed by atoms with van der Waals surface area (Å²) in [5.41, 5.74) is 0. The normalized spacial score (nSPS) is 26.8. The van der Waals surface area contributed by atoms with Crippen LogP contribution in [0, 0.1) is 0 Å². The minimum Gasteiger partial charge on any atom is -0.480 e. The molecule has 0 bridgehead atoms. The van der Waals surface area contributed by atoms with Crippen molar-refractivity contribution in [3.05, 3.63) is 0 Å². The highest BCUT2D eigenvalue weighted by Crippen LogP contribution is 2.21. The van der Waals surface area contributed by atoms with Crippen LogP contribution >= 0.6 is 11.8 Å². The smallest absolute Gasteiger partial charge is 0.327 e. The van der Waals surface area contributed by atoms with Crippen LogP contribution in [0.2, 0.25) is 0 Å². The molecule has 7 heteroatoms. The van der Waals surface area contributed by atoms with Gasteiger partial charge in [-0.05, 0) is 32.7 Å². The zero-order chi connectivity index (χ0) is 15.2. The molecule has 2 aliphatic heterocycles. The molecule has 2 atom stereocenters. The number of piperidine rings is 1. The Morgan fingerprint density at radius 3 is 2.90 bits per heavy atom. The summed E-state index contributed by atoms with van der Waals surface area (Å²) in [4.78, 5) is 26.9. The molecule has 2 amide bonds. The predicted octanol–water partition coefficient (Wildman–Crippen LogP) is 1.42.